The van der Waals surface area contributed by atoms with Gasteiger partial charge in [-0.2, -0.15) is 0 Å². The fourth-order valence-corrected chi connectivity index (χ4v) is 3.26. The third-order valence-corrected chi connectivity index (χ3v) is 4.94. The number of hydrogen-bond acceptors (Lipinski definition) is 6. The van der Waals surface area contributed by atoms with Crippen LogP contribution in [0.25, 0.3) is 0 Å². The Labute approximate surface area is 175 Å². The van der Waals surface area contributed by atoms with Gasteiger partial charge in [0.1, 0.15) is 0 Å². The van der Waals surface area contributed by atoms with Crippen molar-refractivity contribution in [3.8, 4) is 0 Å². The minimum atomic E-state index is -0.461. The molecule has 2 aromatic rings. The van der Waals surface area contributed by atoms with Crippen molar-refractivity contribution in [1.82, 2.24) is 0 Å². The van der Waals surface area contributed by atoms with Crippen molar-refractivity contribution < 1.29 is 23.9 Å². The van der Waals surface area contributed by atoms with Crippen LogP contribution in [0, 0.1) is 13.8 Å². The Bertz CT molecular complexity index is 877. The van der Waals surface area contributed by atoms with Crippen LogP contribution in [0.2, 0.25) is 0 Å². The maximum absolute atomic E-state index is 12.0. The van der Waals surface area contributed by atoms with Crippen molar-refractivity contribution in [3.63, 3.8) is 0 Å². The van der Waals surface area contributed by atoms with E-state index in [-0.39, 0.29) is 18.5 Å². The number of thioether (sulfide) groups is 1. The number of ether oxygens (including phenoxy) is 2. The molecule has 0 aliphatic carbocycles. The Morgan fingerprint density at radius 2 is 1.72 bits per heavy atom. The summed E-state index contributed by atoms with van der Waals surface area (Å²) in [7, 11) is 0. The molecule has 0 aromatic heterocycles. The molecule has 29 heavy (non-hydrogen) atoms. The van der Waals surface area contributed by atoms with Crippen LogP contribution in [0.1, 0.15) is 35.3 Å². The van der Waals surface area contributed by atoms with Crippen LogP contribution in [0.4, 0.5) is 5.69 Å². The molecule has 154 valence electrons. The van der Waals surface area contributed by atoms with Gasteiger partial charge in [-0.05, 0) is 63.6 Å². The summed E-state index contributed by atoms with van der Waals surface area (Å²) in [5.41, 5.74) is 3.15. The molecule has 0 fully saturated rings. The second kappa shape index (κ2) is 10.7. The molecule has 0 saturated heterocycles. The molecule has 7 heteroatoms. The Balaban J connectivity index is 1.76. The van der Waals surface area contributed by atoms with E-state index in [1.54, 1.807) is 38.1 Å². The number of nitrogens with one attached hydrogen (secondary N) is 1. The van der Waals surface area contributed by atoms with E-state index < -0.39 is 17.8 Å². The molecule has 0 saturated carbocycles. The van der Waals surface area contributed by atoms with Gasteiger partial charge in [-0.15, -0.1) is 11.8 Å². The van der Waals surface area contributed by atoms with E-state index in [4.69, 9.17) is 9.47 Å². The average Bonchev–Trinajstić information content (AvgIpc) is 2.65. The van der Waals surface area contributed by atoms with Crippen molar-refractivity contribution in [3.05, 3.63) is 59.2 Å². The van der Waals surface area contributed by atoms with E-state index in [0.29, 0.717) is 11.3 Å². The van der Waals surface area contributed by atoms with Crippen LogP contribution in [-0.2, 0) is 19.1 Å². The fraction of sp³-hybridized carbons (Fsp3) is 0.318. The summed E-state index contributed by atoms with van der Waals surface area (Å²) in [6.07, 6.45) is -0.204. The Hall–Kier alpha value is -2.80. The smallest absolute Gasteiger partial charge is 0.338 e. The van der Waals surface area contributed by atoms with Gasteiger partial charge >= 0.3 is 11.9 Å². The molecule has 6 nitrogen and oxygen atoms in total. The minimum absolute atomic E-state index is 0.129. The molecule has 0 bridgehead atoms. The third kappa shape index (κ3) is 7.62. The van der Waals surface area contributed by atoms with Crippen molar-refractivity contribution in [2.45, 2.75) is 38.7 Å². The summed E-state index contributed by atoms with van der Waals surface area (Å²) in [5.74, 6) is -1.21. The molecule has 0 heterocycles. The van der Waals surface area contributed by atoms with Crippen LogP contribution < -0.4 is 5.32 Å². The third-order valence-electron chi connectivity index (χ3n) is 3.79. The van der Waals surface area contributed by atoms with Gasteiger partial charge in [-0.1, -0.05) is 17.7 Å². The number of anilines is 1. The zero-order valence-electron chi connectivity index (χ0n) is 17.0. The lowest BCUT2D eigenvalue weighted by Gasteiger charge is -2.09. The number of carbonyl (C=O) groups excluding carboxylic acids is 3. The fourth-order valence-electron chi connectivity index (χ4n) is 2.45. The maximum Gasteiger partial charge on any atom is 0.338 e. The van der Waals surface area contributed by atoms with Gasteiger partial charge < -0.3 is 14.8 Å². The SMILES string of the molecule is Cc1ccc(SCC(=O)OCC(=O)Nc2ccc(C(=O)OC(C)C)cc2)c(C)c1. The molecule has 0 aliphatic heterocycles. The van der Waals surface area contributed by atoms with E-state index in [1.807, 2.05) is 26.0 Å². The topological polar surface area (TPSA) is 81.7 Å². The molecule has 2 rings (SSSR count). The highest BCUT2D eigenvalue weighted by Gasteiger charge is 2.11. The number of aryl methyl sites for hydroxylation is 2. The number of benzene rings is 2. The van der Waals surface area contributed by atoms with Crippen LogP contribution >= 0.6 is 11.8 Å². The monoisotopic (exact) mass is 415 g/mol. The summed E-state index contributed by atoms with van der Waals surface area (Å²) in [6, 6.07) is 12.3. The molecular formula is C22H25NO5S. The summed E-state index contributed by atoms with van der Waals surface area (Å²) < 4.78 is 10.1. The zero-order valence-corrected chi connectivity index (χ0v) is 17.8. The predicted molar refractivity (Wildman–Crippen MR) is 113 cm³/mol. The van der Waals surface area contributed by atoms with Crippen molar-refractivity contribution in [1.29, 1.82) is 0 Å². The van der Waals surface area contributed by atoms with E-state index in [0.717, 1.165) is 16.0 Å². The van der Waals surface area contributed by atoms with Gasteiger partial charge in [-0.3, -0.25) is 9.59 Å². The molecule has 0 spiro atoms. The summed E-state index contributed by atoms with van der Waals surface area (Å²) >= 11 is 1.38. The Morgan fingerprint density at radius 3 is 2.34 bits per heavy atom. The van der Waals surface area contributed by atoms with Crippen LogP contribution in [0.5, 0.6) is 0 Å². The largest absolute Gasteiger partial charge is 0.459 e. The highest BCUT2D eigenvalue weighted by Crippen LogP contribution is 2.23. The van der Waals surface area contributed by atoms with E-state index in [9.17, 15) is 14.4 Å². The number of hydrogen-bond donors (Lipinski definition) is 1. The van der Waals surface area contributed by atoms with Crippen molar-refractivity contribution in [2.75, 3.05) is 17.7 Å². The zero-order chi connectivity index (χ0) is 21.4. The quantitative estimate of drug-likeness (QED) is 0.515. The molecule has 2 aromatic carbocycles. The van der Waals surface area contributed by atoms with Crippen LogP contribution in [0.3, 0.4) is 0 Å². The molecule has 1 N–H and O–H groups in total. The normalized spacial score (nSPS) is 10.5. The molecule has 0 aliphatic rings. The summed E-state index contributed by atoms with van der Waals surface area (Å²) in [6.45, 7) is 7.17. The van der Waals surface area contributed by atoms with E-state index >= 15 is 0 Å². The highest BCUT2D eigenvalue weighted by atomic mass is 32.2. The lowest BCUT2D eigenvalue weighted by molar-refractivity contribution is -0.144. The standard InChI is InChI=1S/C22H25NO5S/c1-14(2)28-22(26)17-6-8-18(9-7-17)23-20(24)12-27-21(25)13-29-19-10-5-15(3)11-16(19)4/h5-11,14H,12-13H2,1-4H3,(H,23,24). The van der Waals surface area contributed by atoms with E-state index in [1.165, 1.54) is 11.8 Å². The average molecular weight is 416 g/mol. The summed E-state index contributed by atoms with van der Waals surface area (Å²) in [5, 5.41) is 2.62. The van der Waals surface area contributed by atoms with Gasteiger partial charge in [0.2, 0.25) is 0 Å². The first-order valence-electron chi connectivity index (χ1n) is 9.21. The number of carbonyl (C=O) groups is 3. The lowest BCUT2D eigenvalue weighted by Crippen LogP contribution is -2.21. The van der Waals surface area contributed by atoms with Gasteiger partial charge in [0.25, 0.3) is 5.91 Å². The highest BCUT2D eigenvalue weighted by molar-refractivity contribution is 8.00. The molecular weight excluding hydrogens is 390 g/mol. The van der Waals surface area contributed by atoms with E-state index in [2.05, 4.69) is 11.4 Å². The maximum atomic E-state index is 12.0. The van der Waals surface area contributed by atoms with Gasteiger partial charge in [0, 0.05) is 10.6 Å². The molecule has 1 amide bonds. The second-order valence-electron chi connectivity index (χ2n) is 6.80. The van der Waals surface area contributed by atoms with Crippen molar-refractivity contribution in [2.24, 2.45) is 0 Å². The van der Waals surface area contributed by atoms with Crippen LogP contribution in [-0.4, -0.2) is 36.3 Å². The van der Waals surface area contributed by atoms with Crippen molar-refractivity contribution >= 4 is 35.3 Å². The number of amides is 1. The van der Waals surface area contributed by atoms with Gasteiger partial charge in [-0.25, -0.2) is 4.79 Å². The summed E-state index contributed by atoms with van der Waals surface area (Å²) in [4.78, 5) is 36.7. The first-order chi connectivity index (χ1) is 13.7. The molecule has 0 unspecified atom stereocenters. The second-order valence-corrected chi connectivity index (χ2v) is 7.82. The number of esters is 2. The molecule has 0 atom stereocenters. The van der Waals surface area contributed by atoms with Gasteiger partial charge in [0.05, 0.1) is 17.4 Å². The lowest BCUT2D eigenvalue weighted by atomic mass is 10.2. The first kappa shape index (κ1) is 22.5. The molecule has 0 radical (unpaired) electrons. The Kier molecular flexibility index (Phi) is 8.27. The first-order valence-corrected chi connectivity index (χ1v) is 10.2. The Morgan fingerprint density at radius 1 is 1.03 bits per heavy atom. The van der Waals surface area contributed by atoms with Gasteiger partial charge in [0.15, 0.2) is 6.61 Å². The van der Waals surface area contributed by atoms with Crippen LogP contribution in [0.15, 0.2) is 47.4 Å². The minimum Gasteiger partial charge on any atom is -0.459 e. The number of rotatable bonds is 8. The predicted octanol–water partition coefficient (Wildman–Crippen LogP) is 4.14.